The van der Waals surface area contributed by atoms with Gasteiger partial charge in [-0.1, -0.05) is 54.1 Å². The summed E-state index contributed by atoms with van der Waals surface area (Å²) in [6.45, 7) is 18.0. The Labute approximate surface area is 202 Å². The van der Waals surface area contributed by atoms with Gasteiger partial charge >= 0.3 is 110 Å². The molecule has 0 fully saturated rings. The van der Waals surface area contributed by atoms with Crippen molar-refractivity contribution in [3.05, 3.63) is 98.4 Å². The van der Waals surface area contributed by atoms with Gasteiger partial charge in [0.25, 0.3) is 0 Å². The fraction of sp³-hybridized carbons (Fsp3) is 0. The number of benzene rings is 2. The summed E-state index contributed by atoms with van der Waals surface area (Å²) in [6, 6.07) is 19.3. The predicted octanol–water partition coefficient (Wildman–Crippen LogP) is 1.07. The average molecular weight is 655 g/mol. The van der Waals surface area contributed by atoms with Crippen LogP contribution in [0.4, 0.5) is 0 Å². The van der Waals surface area contributed by atoms with E-state index in [1.54, 1.807) is 15.6 Å². The van der Waals surface area contributed by atoms with E-state index in [2.05, 4.69) is 46.1 Å². The first-order chi connectivity index (χ1) is 12.9. The molecule has 132 valence electrons. The first-order valence-corrected chi connectivity index (χ1v) is 13.8. The predicted molar refractivity (Wildman–Crippen MR) is 96.2 cm³/mol. The zero-order chi connectivity index (χ0) is 21.2. The summed E-state index contributed by atoms with van der Waals surface area (Å²) in [5.74, 6) is 0. The molecule has 2 aromatic carbocycles. The van der Waals surface area contributed by atoms with Crippen molar-refractivity contribution in [2.24, 2.45) is 0 Å². The molecule has 0 radical (unpaired) electrons. The van der Waals surface area contributed by atoms with Gasteiger partial charge in [-0.15, -0.1) is 23.3 Å². The van der Waals surface area contributed by atoms with Gasteiger partial charge < -0.3 is 4.79 Å². The topological polar surface area (TPSA) is 96.7 Å². The molecule has 0 aliphatic rings. The van der Waals surface area contributed by atoms with Gasteiger partial charge in [0, 0.05) is 0 Å². The van der Waals surface area contributed by atoms with E-state index in [1.807, 2.05) is 73.0 Å². The molecule has 27 heavy (non-hydrogen) atoms. The van der Waals surface area contributed by atoms with Gasteiger partial charge in [0.15, 0.2) is 0 Å². The van der Waals surface area contributed by atoms with Crippen LogP contribution in [0.15, 0.2) is 60.7 Å². The molecule has 0 saturated heterocycles. The molecule has 2 rings (SSSR count). The van der Waals surface area contributed by atoms with Crippen molar-refractivity contribution in [1.82, 2.24) is 0 Å². The molecule has 0 aliphatic heterocycles. The number of halogens is 1. The fourth-order valence-electron chi connectivity index (χ4n) is 1.51. The second-order valence-corrected chi connectivity index (χ2v) is 3.44. The Kier molecular flexibility index (Phi) is 49.6. The Hall–Kier alpha value is -0.798. The Balaban J connectivity index is -0.000000128. The summed E-state index contributed by atoms with van der Waals surface area (Å²) in [7, 11) is 0. The molecule has 0 spiro atoms. The van der Waals surface area contributed by atoms with Crippen LogP contribution in [0.3, 0.4) is 0 Å². The van der Waals surface area contributed by atoms with Crippen LogP contribution < -0.4 is 29.6 Å². The second kappa shape index (κ2) is 36.2. The fourth-order valence-corrected chi connectivity index (χ4v) is 1.51. The molecule has 0 aliphatic carbocycles. The Bertz CT molecular complexity index is 644. The second-order valence-electron chi connectivity index (χ2n) is 3.44. The molecule has 0 unspecified atom stereocenters. The van der Waals surface area contributed by atoms with Crippen molar-refractivity contribution >= 4 is 37.4 Å². The van der Waals surface area contributed by atoms with Gasteiger partial charge in [-0.05, 0) is 0 Å². The van der Waals surface area contributed by atoms with Crippen molar-refractivity contribution in [3.63, 3.8) is 0 Å². The summed E-state index contributed by atoms with van der Waals surface area (Å²) in [5.41, 5.74) is 2.47. The molecule has 8 heteroatoms. The Morgan fingerprint density at radius 3 is 1.44 bits per heavy atom. The van der Waals surface area contributed by atoms with Crippen molar-refractivity contribution < 1.29 is 68.5 Å². The van der Waals surface area contributed by atoms with Gasteiger partial charge in [-0.25, -0.2) is 0 Å². The van der Waals surface area contributed by atoms with E-state index >= 15 is 0 Å². The van der Waals surface area contributed by atoms with E-state index in [4.69, 9.17) is 18.6 Å². The minimum absolute atomic E-state index is 0. The maximum Gasteiger partial charge on any atom is 1.00 e. The molecule has 0 amide bonds. The SMILES string of the molecule is O=[C-]/C(=C\c1ccccc1)c1ccccc1.[C-]#[O+].[C-]#[O+].[C-]#[O+].[C-]#[O+].[I][Re].[Na+]. The zero-order valence-corrected chi connectivity index (χ0v) is 21.0. The van der Waals surface area contributed by atoms with Crippen LogP contribution >= 0.6 is 19.5 Å². The van der Waals surface area contributed by atoms with Crippen LogP contribution in [-0.2, 0) is 39.0 Å². The number of rotatable bonds is 3. The van der Waals surface area contributed by atoms with Gasteiger partial charge in [-0.3, -0.25) is 0 Å². The maximum atomic E-state index is 10.9. The van der Waals surface area contributed by atoms with E-state index in [0.29, 0.717) is 5.57 Å². The number of carbonyl (C=O) groups excluding carboxylic acids is 1. The molecule has 0 bridgehead atoms. The van der Waals surface area contributed by atoms with E-state index in [0.717, 1.165) is 11.1 Å². The molecular weight excluding hydrogens is 644 g/mol. The molecule has 5 nitrogen and oxygen atoms in total. The quantitative estimate of drug-likeness (QED) is 0.122. The average Bonchev–Trinajstić information content (AvgIpc) is 2.80. The monoisotopic (exact) mass is 656 g/mol. The summed E-state index contributed by atoms with van der Waals surface area (Å²) < 4.78 is 30.0. The molecule has 2 aromatic rings. The molecule has 0 aromatic heterocycles. The third-order valence-corrected chi connectivity index (χ3v) is 2.31. The first kappa shape index (κ1) is 37.0. The van der Waals surface area contributed by atoms with Crippen LogP contribution in [0.25, 0.3) is 11.6 Å². The first-order valence-electron chi connectivity index (χ1n) is 6.06. The Morgan fingerprint density at radius 2 is 1.11 bits per heavy atom. The van der Waals surface area contributed by atoms with Crippen molar-refractivity contribution in [3.8, 4) is 0 Å². The number of hydrogen-bond donors (Lipinski definition) is 0. The van der Waals surface area contributed by atoms with Crippen LogP contribution in [0.2, 0.25) is 0 Å². The summed E-state index contributed by atoms with van der Waals surface area (Å²) in [5, 5.41) is 0. The van der Waals surface area contributed by atoms with E-state index in [-0.39, 0.29) is 29.6 Å². The van der Waals surface area contributed by atoms with Crippen LogP contribution in [0, 0.1) is 26.6 Å². The van der Waals surface area contributed by atoms with Crippen molar-refractivity contribution in [2.45, 2.75) is 0 Å². The molecule has 0 saturated carbocycles. The molecule has 0 atom stereocenters. The van der Waals surface area contributed by atoms with Crippen LogP contribution in [0.5, 0.6) is 0 Å². The smallest absolute Gasteiger partial charge is 1.00 e. The third kappa shape index (κ3) is 21.4. The minimum atomic E-state index is 0. The minimum Gasteiger partial charge on any atom is 1.00 e. The van der Waals surface area contributed by atoms with Gasteiger partial charge in [0.1, 0.15) is 0 Å². The number of allylic oxidation sites excluding steroid dienone is 1. The summed E-state index contributed by atoms with van der Waals surface area (Å²) in [6.07, 6.45) is 3.81. The third-order valence-electron chi connectivity index (χ3n) is 2.31. The van der Waals surface area contributed by atoms with Crippen LogP contribution in [-0.4, -0.2) is 6.29 Å². The zero-order valence-electron chi connectivity index (χ0n) is 14.1. The molecule has 0 N–H and O–H groups in total. The standard InChI is InChI=1S/C15H11O.4CO.HI.Na.Re/c16-12-15(14-9-5-2-6-10-14)11-13-7-3-1-4-8-13;4*1-2;;;/h1-11H;;;;;1H;;/q-1;;;;;;2*+1/p-1/b15-11+;;;;;;;. The summed E-state index contributed by atoms with van der Waals surface area (Å²) in [4.78, 5) is 10.9. The van der Waals surface area contributed by atoms with E-state index in [1.165, 1.54) is 0 Å². The Morgan fingerprint density at radius 1 is 0.778 bits per heavy atom. The number of hydrogen-bond acceptors (Lipinski definition) is 1. The largest absolute Gasteiger partial charge is 1.00 e. The van der Waals surface area contributed by atoms with E-state index in [9.17, 15) is 4.79 Å². The molecular formula is C19H11INaO5Re. The normalized spacial score (nSPS) is 7.11. The van der Waals surface area contributed by atoms with Gasteiger partial charge in [0.2, 0.25) is 0 Å². The molecule has 0 heterocycles. The van der Waals surface area contributed by atoms with E-state index < -0.39 is 0 Å². The van der Waals surface area contributed by atoms with Gasteiger partial charge in [-0.2, -0.15) is 6.08 Å². The van der Waals surface area contributed by atoms with Gasteiger partial charge in [0.05, 0.1) is 6.29 Å². The summed E-state index contributed by atoms with van der Waals surface area (Å²) >= 11 is 3.90. The van der Waals surface area contributed by atoms with Crippen molar-refractivity contribution in [2.75, 3.05) is 0 Å². The van der Waals surface area contributed by atoms with Crippen molar-refractivity contribution in [1.29, 1.82) is 0 Å². The maximum absolute atomic E-state index is 10.9. The van der Waals surface area contributed by atoms with Crippen LogP contribution in [0.1, 0.15) is 11.1 Å².